The Morgan fingerprint density at radius 3 is 3.15 bits per heavy atom. The van der Waals surface area contributed by atoms with E-state index in [9.17, 15) is 0 Å². The summed E-state index contributed by atoms with van der Waals surface area (Å²) in [5.41, 5.74) is 1.83. The first-order valence-electron chi connectivity index (χ1n) is 3.65. The number of aliphatic hydroxyl groups excluding tert-OH is 1. The normalized spacial score (nSPS) is 9.62. The van der Waals surface area contributed by atoms with Gasteiger partial charge in [-0.15, -0.1) is 0 Å². The highest BCUT2D eigenvalue weighted by Crippen LogP contribution is 2.06. The fourth-order valence-corrected chi connectivity index (χ4v) is 0.983. The van der Waals surface area contributed by atoms with E-state index in [-0.39, 0.29) is 6.61 Å². The predicted molar refractivity (Wildman–Crippen MR) is 45.6 cm³/mol. The van der Waals surface area contributed by atoms with Crippen molar-refractivity contribution < 1.29 is 5.11 Å². The van der Waals surface area contributed by atoms with Crippen molar-refractivity contribution in [1.29, 1.82) is 0 Å². The summed E-state index contributed by atoms with van der Waals surface area (Å²) in [7, 11) is 0. The SMILES string of the molecule is OCC#Cc1ncnc2nc[nH]c12. The van der Waals surface area contributed by atoms with Gasteiger partial charge < -0.3 is 10.1 Å². The lowest BCUT2D eigenvalue weighted by molar-refractivity contribution is 0.350. The minimum Gasteiger partial charge on any atom is -0.384 e. The smallest absolute Gasteiger partial charge is 0.181 e. The van der Waals surface area contributed by atoms with Crippen LogP contribution in [0.5, 0.6) is 0 Å². The third-order valence-corrected chi connectivity index (χ3v) is 1.51. The van der Waals surface area contributed by atoms with Crippen molar-refractivity contribution in [2.75, 3.05) is 6.61 Å². The van der Waals surface area contributed by atoms with Gasteiger partial charge in [0.1, 0.15) is 24.1 Å². The fraction of sp³-hybridized carbons (Fsp3) is 0.125. The molecule has 0 atom stereocenters. The van der Waals surface area contributed by atoms with Gasteiger partial charge in [0.2, 0.25) is 0 Å². The van der Waals surface area contributed by atoms with Crippen molar-refractivity contribution >= 4 is 11.2 Å². The number of aromatic amines is 1. The molecule has 0 aliphatic heterocycles. The van der Waals surface area contributed by atoms with Crippen molar-refractivity contribution in [3.05, 3.63) is 18.3 Å². The highest BCUT2D eigenvalue weighted by Gasteiger charge is 2.01. The summed E-state index contributed by atoms with van der Waals surface area (Å²) in [4.78, 5) is 14.7. The van der Waals surface area contributed by atoms with E-state index in [1.807, 2.05) is 0 Å². The molecule has 0 unspecified atom stereocenters. The van der Waals surface area contributed by atoms with Gasteiger partial charge in [0.15, 0.2) is 5.65 Å². The number of hydrogen-bond donors (Lipinski definition) is 2. The molecule has 0 bridgehead atoms. The molecule has 0 aliphatic rings. The molecule has 0 saturated heterocycles. The van der Waals surface area contributed by atoms with E-state index < -0.39 is 0 Å². The maximum Gasteiger partial charge on any atom is 0.181 e. The van der Waals surface area contributed by atoms with Crippen LogP contribution in [0.3, 0.4) is 0 Å². The zero-order chi connectivity index (χ0) is 9.10. The first-order valence-corrected chi connectivity index (χ1v) is 3.65. The Morgan fingerprint density at radius 1 is 1.38 bits per heavy atom. The van der Waals surface area contributed by atoms with Gasteiger partial charge in [0, 0.05) is 0 Å². The molecular formula is C8H6N4O. The van der Waals surface area contributed by atoms with E-state index in [0.717, 1.165) is 0 Å². The lowest BCUT2D eigenvalue weighted by atomic mass is 10.3. The van der Waals surface area contributed by atoms with Gasteiger partial charge in [0.25, 0.3) is 0 Å². The summed E-state index contributed by atoms with van der Waals surface area (Å²) in [6.45, 7) is -0.181. The second-order valence-corrected chi connectivity index (χ2v) is 2.28. The molecule has 2 heterocycles. The topological polar surface area (TPSA) is 74.7 Å². The van der Waals surface area contributed by atoms with Gasteiger partial charge in [-0.1, -0.05) is 5.92 Å². The first kappa shape index (κ1) is 7.71. The van der Waals surface area contributed by atoms with E-state index in [0.29, 0.717) is 16.9 Å². The van der Waals surface area contributed by atoms with E-state index in [1.54, 1.807) is 0 Å². The Hall–Kier alpha value is -1.93. The van der Waals surface area contributed by atoms with Gasteiger partial charge >= 0.3 is 0 Å². The van der Waals surface area contributed by atoms with Crippen molar-refractivity contribution in [2.24, 2.45) is 0 Å². The second kappa shape index (κ2) is 3.21. The summed E-state index contributed by atoms with van der Waals surface area (Å²) in [6.07, 6.45) is 2.92. The summed E-state index contributed by atoms with van der Waals surface area (Å²) >= 11 is 0. The van der Waals surface area contributed by atoms with Crippen LogP contribution in [0.4, 0.5) is 0 Å². The highest BCUT2D eigenvalue weighted by atomic mass is 16.2. The van der Waals surface area contributed by atoms with Crippen LogP contribution in [0.15, 0.2) is 12.7 Å². The number of nitrogens with zero attached hydrogens (tertiary/aromatic N) is 3. The van der Waals surface area contributed by atoms with Crippen LogP contribution in [0.2, 0.25) is 0 Å². The Labute approximate surface area is 73.9 Å². The van der Waals surface area contributed by atoms with E-state index in [2.05, 4.69) is 31.8 Å². The predicted octanol–water partition coefficient (Wildman–Crippen LogP) is -0.303. The summed E-state index contributed by atoms with van der Waals surface area (Å²) in [5.74, 6) is 5.22. The largest absolute Gasteiger partial charge is 0.384 e. The molecule has 2 N–H and O–H groups in total. The standard InChI is InChI=1S/C8H6N4O/c13-3-1-2-6-7-8(11-4-9-6)12-5-10-7/h4-5,13H,3H2,(H,9,10,11,12). The molecule has 2 aromatic rings. The second-order valence-electron chi connectivity index (χ2n) is 2.28. The molecule has 0 spiro atoms. The van der Waals surface area contributed by atoms with Crippen LogP contribution < -0.4 is 0 Å². The number of nitrogens with one attached hydrogen (secondary N) is 1. The zero-order valence-corrected chi connectivity index (χ0v) is 6.65. The Morgan fingerprint density at radius 2 is 2.31 bits per heavy atom. The monoisotopic (exact) mass is 174 g/mol. The van der Waals surface area contributed by atoms with Crippen LogP contribution in [-0.4, -0.2) is 31.6 Å². The number of imidazole rings is 1. The maximum absolute atomic E-state index is 8.51. The van der Waals surface area contributed by atoms with E-state index in [1.165, 1.54) is 12.7 Å². The highest BCUT2D eigenvalue weighted by molar-refractivity contribution is 5.75. The number of H-pyrrole nitrogens is 1. The average Bonchev–Trinajstić information content (AvgIpc) is 2.62. The van der Waals surface area contributed by atoms with Crippen LogP contribution in [0, 0.1) is 11.8 Å². The molecule has 2 aromatic heterocycles. The Bertz CT molecular complexity index is 479. The molecule has 2 rings (SSSR count). The fourth-order valence-electron chi connectivity index (χ4n) is 0.983. The number of aromatic nitrogens is 4. The average molecular weight is 174 g/mol. The number of aliphatic hydroxyl groups is 1. The van der Waals surface area contributed by atoms with Crippen LogP contribution in [0.1, 0.15) is 5.69 Å². The van der Waals surface area contributed by atoms with E-state index >= 15 is 0 Å². The molecule has 0 aromatic carbocycles. The van der Waals surface area contributed by atoms with Crippen molar-refractivity contribution in [3.8, 4) is 11.8 Å². The molecule has 0 saturated carbocycles. The Kier molecular flexibility index (Phi) is 1.90. The van der Waals surface area contributed by atoms with Gasteiger partial charge in [-0.3, -0.25) is 0 Å². The molecule has 64 valence electrons. The zero-order valence-electron chi connectivity index (χ0n) is 6.65. The summed E-state index contributed by atoms with van der Waals surface area (Å²) < 4.78 is 0. The van der Waals surface area contributed by atoms with Crippen LogP contribution in [0.25, 0.3) is 11.2 Å². The van der Waals surface area contributed by atoms with Crippen molar-refractivity contribution in [2.45, 2.75) is 0 Å². The molecule has 0 radical (unpaired) electrons. The first-order chi connectivity index (χ1) is 6.42. The lowest BCUT2D eigenvalue weighted by Crippen LogP contribution is -1.87. The van der Waals surface area contributed by atoms with Crippen molar-refractivity contribution in [1.82, 2.24) is 19.9 Å². The molecular weight excluding hydrogens is 168 g/mol. The number of hydrogen-bond acceptors (Lipinski definition) is 4. The summed E-state index contributed by atoms with van der Waals surface area (Å²) in [5, 5.41) is 8.51. The number of fused-ring (bicyclic) bond motifs is 1. The third-order valence-electron chi connectivity index (χ3n) is 1.51. The van der Waals surface area contributed by atoms with Gasteiger partial charge in [-0.2, -0.15) is 0 Å². The molecule has 0 fully saturated rings. The van der Waals surface area contributed by atoms with E-state index in [4.69, 9.17) is 5.11 Å². The van der Waals surface area contributed by atoms with Gasteiger partial charge in [-0.25, -0.2) is 15.0 Å². The third kappa shape index (κ3) is 1.35. The lowest BCUT2D eigenvalue weighted by Gasteiger charge is -1.89. The van der Waals surface area contributed by atoms with Gasteiger partial charge in [-0.05, 0) is 5.92 Å². The maximum atomic E-state index is 8.51. The quantitative estimate of drug-likeness (QED) is 0.537. The van der Waals surface area contributed by atoms with Crippen LogP contribution >= 0.6 is 0 Å². The Balaban J connectivity index is 2.61. The van der Waals surface area contributed by atoms with Crippen molar-refractivity contribution in [3.63, 3.8) is 0 Å². The molecule has 13 heavy (non-hydrogen) atoms. The number of rotatable bonds is 0. The molecule has 0 amide bonds. The van der Waals surface area contributed by atoms with Gasteiger partial charge in [0.05, 0.1) is 6.33 Å². The molecule has 5 nitrogen and oxygen atoms in total. The van der Waals surface area contributed by atoms with Crippen LogP contribution in [-0.2, 0) is 0 Å². The minimum atomic E-state index is -0.181. The minimum absolute atomic E-state index is 0.181. The molecule has 0 aliphatic carbocycles. The summed E-state index contributed by atoms with van der Waals surface area (Å²) in [6, 6.07) is 0. The molecule has 5 heteroatoms.